The Kier molecular flexibility index (Phi) is 6.89. The van der Waals surface area contributed by atoms with Crippen LogP contribution >= 0.6 is 0 Å². The molecule has 3 aliphatic heterocycles. The van der Waals surface area contributed by atoms with Gasteiger partial charge in [-0.05, 0) is 32.8 Å². The molecule has 4 heterocycles. The normalized spacial score (nSPS) is 21.0. The number of carbonyl (C=O) groups excluding carboxylic acids is 1. The average Bonchev–Trinajstić information content (AvgIpc) is 2.79. The fourth-order valence-electron chi connectivity index (χ4n) is 4.41. The molecule has 178 valence electrons. The van der Waals surface area contributed by atoms with E-state index in [2.05, 4.69) is 15.2 Å². The fraction of sp³-hybridized carbons (Fsp3) is 0.714. The molecule has 0 bridgehead atoms. The Bertz CT molecular complexity index is 927. The quantitative estimate of drug-likeness (QED) is 0.661. The van der Waals surface area contributed by atoms with Crippen LogP contribution in [0.4, 0.5) is 5.69 Å². The van der Waals surface area contributed by atoms with Gasteiger partial charge >= 0.3 is 10.2 Å². The van der Waals surface area contributed by atoms with Crippen molar-refractivity contribution in [3.8, 4) is 5.88 Å². The summed E-state index contributed by atoms with van der Waals surface area (Å²) in [6, 6.07) is 1.57. The third-order valence-corrected chi connectivity index (χ3v) is 7.94. The molecule has 0 saturated carbocycles. The van der Waals surface area contributed by atoms with Crippen molar-refractivity contribution in [2.45, 2.75) is 38.6 Å². The predicted octanol–water partition coefficient (Wildman–Crippen LogP) is 0.852. The van der Waals surface area contributed by atoms with Gasteiger partial charge in [0.2, 0.25) is 5.88 Å². The topological polar surface area (TPSA) is 104 Å². The van der Waals surface area contributed by atoms with E-state index in [1.54, 1.807) is 6.07 Å². The van der Waals surface area contributed by atoms with E-state index in [-0.39, 0.29) is 24.9 Å². The van der Waals surface area contributed by atoms with Gasteiger partial charge in [0, 0.05) is 44.5 Å². The van der Waals surface area contributed by atoms with Gasteiger partial charge in [-0.3, -0.25) is 9.69 Å². The number of pyridine rings is 1. The van der Waals surface area contributed by atoms with Crippen molar-refractivity contribution in [1.82, 2.24) is 19.5 Å². The van der Waals surface area contributed by atoms with E-state index in [4.69, 9.17) is 9.47 Å². The van der Waals surface area contributed by atoms with Crippen molar-refractivity contribution in [1.29, 1.82) is 0 Å². The second kappa shape index (κ2) is 9.50. The number of hydrogen-bond donors (Lipinski definition) is 1. The summed E-state index contributed by atoms with van der Waals surface area (Å²) in [6.45, 7) is 9.15. The van der Waals surface area contributed by atoms with Gasteiger partial charge in [0.1, 0.15) is 12.3 Å². The molecular formula is C21H33N5O5S. The maximum atomic E-state index is 13.3. The first-order valence-electron chi connectivity index (χ1n) is 11.3. The number of rotatable bonds is 6. The second-order valence-corrected chi connectivity index (χ2v) is 11.0. The first-order valence-corrected chi connectivity index (χ1v) is 12.7. The Morgan fingerprint density at radius 1 is 1.09 bits per heavy atom. The maximum absolute atomic E-state index is 13.3. The van der Waals surface area contributed by atoms with Gasteiger partial charge in [-0.25, -0.2) is 9.29 Å². The third kappa shape index (κ3) is 5.16. The zero-order valence-corrected chi connectivity index (χ0v) is 19.7. The molecule has 0 unspecified atom stereocenters. The molecule has 4 rings (SSSR count). The van der Waals surface area contributed by atoms with Crippen molar-refractivity contribution in [3.63, 3.8) is 0 Å². The molecule has 1 N–H and O–H groups in total. The van der Waals surface area contributed by atoms with Crippen LogP contribution in [0.3, 0.4) is 0 Å². The number of hydrogen-bond acceptors (Lipinski definition) is 7. The van der Waals surface area contributed by atoms with Gasteiger partial charge in [0.15, 0.2) is 0 Å². The number of aromatic nitrogens is 1. The van der Waals surface area contributed by atoms with Gasteiger partial charge in [-0.15, -0.1) is 0 Å². The minimum Gasteiger partial charge on any atom is -0.474 e. The number of morpholine rings is 1. The Hall–Kier alpha value is -1.95. The SMILES string of the molecule is CC(C)(CN1CCOCC1)NC(=O)c1cnc2c(c1)N(S(=O)(=O)N1CCCCC1)CCO2. The molecule has 3 aliphatic rings. The summed E-state index contributed by atoms with van der Waals surface area (Å²) in [5.41, 5.74) is 0.157. The van der Waals surface area contributed by atoms with E-state index in [9.17, 15) is 13.2 Å². The van der Waals surface area contributed by atoms with Crippen LogP contribution < -0.4 is 14.4 Å². The van der Waals surface area contributed by atoms with Crippen LogP contribution in [0.2, 0.25) is 0 Å². The maximum Gasteiger partial charge on any atom is 0.304 e. The number of nitrogens with zero attached hydrogens (tertiary/aromatic N) is 4. The summed E-state index contributed by atoms with van der Waals surface area (Å²) in [5.74, 6) is -0.0552. The van der Waals surface area contributed by atoms with E-state index < -0.39 is 15.7 Å². The van der Waals surface area contributed by atoms with Crippen LogP contribution in [0.5, 0.6) is 5.88 Å². The minimum atomic E-state index is -3.70. The molecule has 10 nitrogen and oxygen atoms in total. The lowest BCUT2D eigenvalue weighted by Gasteiger charge is -2.36. The van der Waals surface area contributed by atoms with Gasteiger partial charge in [-0.2, -0.15) is 12.7 Å². The number of ether oxygens (including phenoxy) is 2. The van der Waals surface area contributed by atoms with E-state index in [1.807, 2.05) is 13.8 Å². The molecule has 0 aromatic carbocycles. The van der Waals surface area contributed by atoms with Gasteiger partial charge in [0.05, 0.1) is 25.3 Å². The average molecular weight is 468 g/mol. The van der Waals surface area contributed by atoms with E-state index in [0.717, 1.165) is 32.4 Å². The molecule has 1 aromatic rings. The largest absolute Gasteiger partial charge is 0.474 e. The summed E-state index contributed by atoms with van der Waals surface area (Å²) in [4.78, 5) is 19.6. The highest BCUT2D eigenvalue weighted by atomic mass is 32.2. The number of fused-ring (bicyclic) bond motifs is 1. The molecule has 0 atom stereocenters. The summed E-state index contributed by atoms with van der Waals surface area (Å²) >= 11 is 0. The molecule has 2 saturated heterocycles. The molecule has 1 amide bonds. The first kappa shape index (κ1) is 23.2. The van der Waals surface area contributed by atoms with Crippen LogP contribution in [0, 0.1) is 0 Å². The van der Waals surface area contributed by atoms with Crippen LogP contribution in [-0.4, -0.2) is 93.1 Å². The summed E-state index contributed by atoms with van der Waals surface area (Å²) < 4.78 is 40.4. The van der Waals surface area contributed by atoms with Crippen LogP contribution in [-0.2, 0) is 14.9 Å². The molecule has 32 heavy (non-hydrogen) atoms. The molecule has 11 heteroatoms. The Morgan fingerprint density at radius 3 is 2.53 bits per heavy atom. The van der Waals surface area contributed by atoms with Crippen LogP contribution in [0.15, 0.2) is 12.3 Å². The molecule has 0 radical (unpaired) electrons. The van der Waals surface area contributed by atoms with Crippen LogP contribution in [0.1, 0.15) is 43.5 Å². The smallest absolute Gasteiger partial charge is 0.304 e. The predicted molar refractivity (Wildman–Crippen MR) is 120 cm³/mol. The zero-order valence-electron chi connectivity index (χ0n) is 18.9. The number of nitrogens with one attached hydrogen (secondary N) is 1. The molecule has 2 fully saturated rings. The van der Waals surface area contributed by atoms with E-state index >= 15 is 0 Å². The van der Waals surface area contributed by atoms with Gasteiger partial charge in [-0.1, -0.05) is 6.42 Å². The lowest BCUT2D eigenvalue weighted by atomic mass is 10.0. The Labute approximate surface area is 190 Å². The molecule has 0 spiro atoms. The Balaban J connectivity index is 1.51. The fourth-order valence-corrected chi connectivity index (χ4v) is 6.10. The van der Waals surface area contributed by atoms with Crippen LogP contribution in [0.25, 0.3) is 0 Å². The van der Waals surface area contributed by atoms with Crippen molar-refractivity contribution in [2.24, 2.45) is 0 Å². The Morgan fingerprint density at radius 2 is 1.81 bits per heavy atom. The first-order chi connectivity index (χ1) is 15.3. The summed E-state index contributed by atoms with van der Waals surface area (Å²) in [5, 5.41) is 3.06. The number of anilines is 1. The molecular weight excluding hydrogens is 434 g/mol. The standard InChI is InChI=1S/C21H33N5O5S/c1-21(2,16-24-8-11-30-12-9-24)23-19(27)17-14-18-20(22-15-17)31-13-10-26(18)32(28,29)25-6-4-3-5-7-25/h14-15H,3-13,16H2,1-2H3,(H,23,27). The number of amides is 1. The molecule has 1 aromatic heterocycles. The van der Waals surface area contributed by atoms with Crippen molar-refractivity contribution in [3.05, 3.63) is 17.8 Å². The number of piperidine rings is 1. The third-order valence-electron chi connectivity index (χ3n) is 5.99. The lowest BCUT2D eigenvalue weighted by molar-refractivity contribution is 0.0269. The highest BCUT2D eigenvalue weighted by Crippen LogP contribution is 2.34. The highest BCUT2D eigenvalue weighted by Gasteiger charge is 2.36. The summed E-state index contributed by atoms with van der Waals surface area (Å²) in [7, 11) is -3.70. The van der Waals surface area contributed by atoms with Gasteiger partial charge < -0.3 is 14.8 Å². The van der Waals surface area contributed by atoms with E-state index in [0.29, 0.717) is 44.1 Å². The van der Waals surface area contributed by atoms with Crippen molar-refractivity contribution < 1.29 is 22.7 Å². The van der Waals surface area contributed by atoms with E-state index in [1.165, 1.54) is 14.8 Å². The minimum absolute atomic E-state index is 0.196. The highest BCUT2D eigenvalue weighted by molar-refractivity contribution is 7.90. The van der Waals surface area contributed by atoms with Crippen molar-refractivity contribution in [2.75, 3.05) is 63.4 Å². The van der Waals surface area contributed by atoms with Gasteiger partial charge in [0.25, 0.3) is 5.91 Å². The summed E-state index contributed by atoms with van der Waals surface area (Å²) in [6.07, 6.45) is 4.19. The number of carbonyl (C=O) groups is 1. The second-order valence-electron chi connectivity index (χ2n) is 9.16. The van der Waals surface area contributed by atoms with Crippen molar-refractivity contribution >= 4 is 21.8 Å². The zero-order chi connectivity index (χ0) is 22.8. The monoisotopic (exact) mass is 467 g/mol. The lowest BCUT2D eigenvalue weighted by Crippen LogP contribution is -2.53. The molecule has 0 aliphatic carbocycles.